The van der Waals surface area contributed by atoms with Gasteiger partial charge in [0.05, 0.1) is 68.4 Å². The molecule has 0 spiro atoms. The van der Waals surface area contributed by atoms with Gasteiger partial charge in [0, 0.05) is 25.9 Å². The van der Waals surface area contributed by atoms with Gasteiger partial charge in [0.1, 0.15) is 0 Å². The van der Waals surface area contributed by atoms with Crippen molar-refractivity contribution in [3.8, 4) is 0 Å². The summed E-state index contributed by atoms with van der Waals surface area (Å²) in [6, 6.07) is 0. The van der Waals surface area contributed by atoms with E-state index in [-0.39, 0.29) is 154 Å². The van der Waals surface area contributed by atoms with Crippen LogP contribution in [0.25, 0.3) is 0 Å². The molecule has 8 aliphatic rings. The van der Waals surface area contributed by atoms with Crippen LogP contribution < -0.4 is 10.6 Å². The molecule has 0 aromatic rings. The van der Waals surface area contributed by atoms with Crippen LogP contribution in [-0.4, -0.2) is 153 Å². The fourth-order valence-electron chi connectivity index (χ4n) is 18.2. The van der Waals surface area contributed by atoms with Crippen molar-refractivity contribution in [2.75, 3.05) is 24.6 Å². The third kappa shape index (κ3) is 12.1. The van der Waals surface area contributed by atoms with Gasteiger partial charge in [0.2, 0.25) is 11.8 Å². The van der Waals surface area contributed by atoms with Crippen molar-refractivity contribution in [2.24, 2.45) is 92.7 Å². The van der Waals surface area contributed by atoms with Crippen molar-refractivity contribution >= 4 is 55.1 Å². The maximum absolute atomic E-state index is 12.2. The number of fused-ring (bicyclic) bond motifs is 10. The molecular weight excluding hydrogens is 965 g/mol. The molecule has 8 N–H and O–H groups in total. The molecule has 0 bridgehead atoms. The Hall–Kier alpha value is -0.714. The Morgan fingerprint density at radius 3 is 1.24 bits per heavy atom. The predicted molar refractivity (Wildman–Crippen MR) is 266 cm³/mol. The second-order valence-electron chi connectivity index (χ2n) is 25.3. The van der Waals surface area contributed by atoms with Crippen molar-refractivity contribution in [3.05, 3.63) is 0 Å². The van der Waals surface area contributed by atoms with Crippen molar-refractivity contribution in [2.45, 2.75) is 194 Å². The molecule has 404 valence electrons. The standard InChI is InChI=1S/2C26H45NO7S.Mg/c2*1-15(4-7-23(31)27-10-11-35(32,33)34)18-5-6-19-24-20(14-22(30)26(18,19)3)25(2)9-8-17(28)12-16(25)13-21(24)29;/h2*15-22,24,28-30H,4-14H2,1-3H3,(H,27,31)(H,32,33,34);/q;;+2/p-2/t2*15-,16?,17-,18-,19?,20?,21-,22+,24?,25+,26-;/m11./s1. The van der Waals surface area contributed by atoms with Crippen LogP contribution in [0.1, 0.15) is 157 Å². The molecule has 0 aliphatic heterocycles. The summed E-state index contributed by atoms with van der Waals surface area (Å²) in [7, 11) is -8.69. The van der Waals surface area contributed by atoms with E-state index in [9.17, 15) is 66.2 Å². The van der Waals surface area contributed by atoms with Crippen LogP contribution in [0, 0.1) is 92.7 Å². The first-order valence-corrected chi connectivity index (χ1v) is 30.2. The smallest absolute Gasteiger partial charge is 0.748 e. The molecule has 8 fully saturated rings. The van der Waals surface area contributed by atoms with E-state index < -0.39 is 56.2 Å². The number of aliphatic hydroxyl groups is 6. The summed E-state index contributed by atoms with van der Waals surface area (Å²) < 4.78 is 64.4. The maximum atomic E-state index is 12.2. The Bertz CT molecular complexity index is 1940. The third-order valence-corrected chi connectivity index (χ3v) is 23.5. The van der Waals surface area contributed by atoms with Gasteiger partial charge in [-0.05, 0) is 195 Å². The summed E-state index contributed by atoms with van der Waals surface area (Å²) in [5.41, 5.74) is -0.534. The Balaban J connectivity index is 0.000000229. The van der Waals surface area contributed by atoms with E-state index >= 15 is 0 Å². The number of hydrogen-bond acceptors (Lipinski definition) is 14. The second-order valence-corrected chi connectivity index (χ2v) is 28.4. The van der Waals surface area contributed by atoms with Crippen molar-refractivity contribution < 1.29 is 66.2 Å². The molecule has 0 heterocycles. The van der Waals surface area contributed by atoms with Gasteiger partial charge in [-0.3, -0.25) is 9.59 Å². The molecule has 8 rings (SSSR count). The fourth-order valence-corrected chi connectivity index (χ4v) is 18.9. The molecule has 22 atom stereocenters. The van der Waals surface area contributed by atoms with Crippen LogP contribution in [0.2, 0.25) is 0 Å². The van der Waals surface area contributed by atoms with E-state index in [0.29, 0.717) is 37.5 Å². The first-order valence-electron chi connectivity index (χ1n) is 27.0. The molecule has 19 heteroatoms. The molecule has 0 radical (unpaired) electrons. The quantitative estimate of drug-likeness (QED) is 0.0911. The molecule has 0 saturated heterocycles. The Kier molecular flexibility index (Phi) is 19.0. The van der Waals surface area contributed by atoms with Crippen LogP contribution in [-0.2, 0) is 29.8 Å². The van der Waals surface area contributed by atoms with Gasteiger partial charge >= 0.3 is 23.1 Å². The number of nitrogens with one attached hydrogen (secondary N) is 2. The van der Waals surface area contributed by atoms with Crippen LogP contribution in [0.15, 0.2) is 0 Å². The minimum absolute atomic E-state index is 0. The molecule has 8 saturated carbocycles. The first kappa shape index (κ1) is 59.5. The van der Waals surface area contributed by atoms with E-state index in [1.165, 1.54) is 0 Å². The van der Waals surface area contributed by atoms with E-state index in [1.807, 2.05) is 0 Å². The van der Waals surface area contributed by atoms with Crippen molar-refractivity contribution in [1.29, 1.82) is 0 Å². The average Bonchev–Trinajstić information content (AvgIpc) is 3.81. The molecule has 8 aliphatic carbocycles. The number of carbonyl (C=O) groups is 2. The van der Waals surface area contributed by atoms with Gasteiger partial charge in [-0.2, -0.15) is 0 Å². The zero-order valence-corrected chi connectivity index (χ0v) is 46.5. The van der Waals surface area contributed by atoms with Gasteiger partial charge in [0.25, 0.3) is 0 Å². The molecule has 2 amide bonds. The minimum Gasteiger partial charge on any atom is -0.748 e. The molecule has 16 nitrogen and oxygen atoms in total. The SMILES string of the molecule is C[C@H](CCC(=O)NCCS(=O)(=O)[O-])[C@H]1CCC2C3C(C[C@H](O)[C@@]21C)[C@@]1(C)CC[C@@H](O)CC1C[C@H]3O.C[C@H](CCC(=O)NCCS(=O)(=O)[O-])[C@H]1CCC2C3C(C[C@H](O)[C@@]21C)[C@@]1(C)CC[C@@H](O)CC1C[C@H]3O.[Mg+2]. The Morgan fingerprint density at radius 1 is 0.549 bits per heavy atom. The fraction of sp³-hybridized carbons (Fsp3) is 0.962. The summed E-state index contributed by atoms with van der Waals surface area (Å²) in [6.45, 7) is 13.0. The predicted octanol–water partition coefficient (Wildman–Crippen LogP) is 3.67. The molecule has 0 aromatic heterocycles. The zero-order chi connectivity index (χ0) is 51.5. The number of aliphatic hydroxyl groups excluding tert-OH is 6. The largest absolute Gasteiger partial charge is 2.00 e. The van der Waals surface area contributed by atoms with Crippen LogP contribution in [0.3, 0.4) is 0 Å². The molecule has 71 heavy (non-hydrogen) atoms. The summed E-state index contributed by atoms with van der Waals surface area (Å²) >= 11 is 0. The van der Waals surface area contributed by atoms with Gasteiger partial charge in [-0.1, -0.05) is 41.5 Å². The Morgan fingerprint density at radius 2 is 0.901 bits per heavy atom. The molecule has 0 aromatic carbocycles. The minimum atomic E-state index is -4.35. The third-order valence-electron chi connectivity index (χ3n) is 22.0. The summed E-state index contributed by atoms with van der Waals surface area (Å²) in [5.74, 6) is 1.04. The first-order chi connectivity index (χ1) is 32.5. The topological polar surface area (TPSA) is 294 Å². The number of hydrogen-bond donors (Lipinski definition) is 8. The van der Waals surface area contributed by atoms with Crippen LogP contribution in [0.5, 0.6) is 0 Å². The van der Waals surface area contributed by atoms with Gasteiger partial charge < -0.3 is 50.4 Å². The van der Waals surface area contributed by atoms with Gasteiger partial charge in [-0.15, -0.1) is 0 Å². The van der Waals surface area contributed by atoms with Crippen LogP contribution in [0.4, 0.5) is 0 Å². The summed E-state index contributed by atoms with van der Waals surface area (Å²) in [5, 5.41) is 71.5. The summed E-state index contributed by atoms with van der Waals surface area (Å²) in [4.78, 5) is 24.4. The Labute approximate surface area is 440 Å². The molecular formula is C52H88MgN2O14S2. The maximum Gasteiger partial charge on any atom is 2.00 e. The second kappa shape index (κ2) is 22.7. The zero-order valence-electron chi connectivity index (χ0n) is 43.4. The molecule has 8 unspecified atom stereocenters. The monoisotopic (exact) mass is 1050 g/mol. The number of rotatable bonds is 14. The van der Waals surface area contributed by atoms with Crippen LogP contribution >= 0.6 is 0 Å². The van der Waals surface area contributed by atoms with Gasteiger partial charge in [0.15, 0.2) is 0 Å². The van der Waals surface area contributed by atoms with Gasteiger partial charge in [-0.25, -0.2) is 16.8 Å². The average molecular weight is 1050 g/mol. The van der Waals surface area contributed by atoms with E-state index in [2.05, 4.69) is 52.2 Å². The van der Waals surface area contributed by atoms with E-state index in [0.717, 1.165) is 77.0 Å². The normalized spacial score (nSPS) is 45.6. The summed E-state index contributed by atoms with van der Waals surface area (Å²) in [6.07, 6.45) is 11.2. The van der Waals surface area contributed by atoms with E-state index in [4.69, 9.17) is 0 Å². The van der Waals surface area contributed by atoms with Crippen molar-refractivity contribution in [1.82, 2.24) is 10.6 Å². The van der Waals surface area contributed by atoms with Crippen molar-refractivity contribution in [3.63, 3.8) is 0 Å². The number of amides is 2. The van der Waals surface area contributed by atoms with E-state index in [1.54, 1.807) is 0 Å². The number of carbonyl (C=O) groups excluding carboxylic acids is 2.